The molecule has 1 aromatic carbocycles. The number of hydrogen-bond donors (Lipinski definition) is 1. The number of amides is 2. The topological polar surface area (TPSA) is 66.6 Å². The predicted octanol–water partition coefficient (Wildman–Crippen LogP) is 1.52. The highest BCUT2D eigenvalue weighted by atomic mass is 16.2. The molecule has 0 spiro atoms. The molecule has 0 aliphatic rings. The zero-order chi connectivity index (χ0) is 15.3. The summed E-state index contributed by atoms with van der Waals surface area (Å²) in [5.41, 5.74) is 7.74. The molecule has 20 heavy (non-hydrogen) atoms. The van der Waals surface area contributed by atoms with Crippen molar-refractivity contribution in [3.63, 3.8) is 0 Å². The molecule has 1 rings (SSSR count). The van der Waals surface area contributed by atoms with Gasteiger partial charge in [0.25, 0.3) is 5.91 Å². The molecule has 0 radical (unpaired) electrons. The van der Waals surface area contributed by atoms with Crippen LogP contribution < -0.4 is 5.73 Å². The number of carbonyl (C=O) groups excluding carboxylic acids is 2. The maximum Gasteiger partial charge on any atom is 0.254 e. The fraction of sp³-hybridized carbons (Fsp3) is 0.467. The fourth-order valence-corrected chi connectivity index (χ4v) is 2.11. The van der Waals surface area contributed by atoms with Crippen LogP contribution in [0.1, 0.15) is 29.8 Å². The molecule has 0 atom stereocenters. The Balaban J connectivity index is 2.79. The fourth-order valence-electron chi connectivity index (χ4n) is 2.11. The number of nitrogen functional groups attached to an aromatic ring is 1. The first kappa shape index (κ1) is 16.0. The Morgan fingerprint density at radius 2 is 1.75 bits per heavy atom. The van der Waals surface area contributed by atoms with Gasteiger partial charge in [-0.05, 0) is 44.5 Å². The van der Waals surface area contributed by atoms with E-state index in [2.05, 4.69) is 0 Å². The number of hydrogen-bond acceptors (Lipinski definition) is 3. The predicted molar refractivity (Wildman–Crippen MR) is 80.5 cm³/mol. The average Bonchev–Trinajstić information content (AvgIpc) is 2.37. The zero-order valence-electron chi connectivity index (χ0n) is 12.6. The monoisotopic (exact) mass is 277 g/mol. The number of carbonyl (C=O) groups is 2. The minimum atomic E-state index is -0.194. The van der Waals surface area contributed by atoms with Gasteiger partial charge in [0, 0.05) is 31.4 Å². The summed E-state index contributed by atoms with van der Waals surface area (Å²) in [6.45, 7) is 7.10. The van der Waals surface area contributed by atoms with Crippen molar-refractivity contribution in [2.24, 2.45) is 0 Å². The summed E-state index contributed by atoms with van der Waals surface area (Å²) in [7, 11) is 1.63. The van der Waals surface area contributed by atoms with Gasteiger partial charge in [-0.1, -0.05) is 0 Å². The Morgan fingerprint density at radius 1 is 1.15 bits per heavy atom. The van der Waals surface area contributed by atoms with Crippen molar-refractivity contribution < 1.29 is 9.59 Å². The first-order chi connectivity index (χ1) is 9.38. The molecule has 2 N–H and O–H groups in total. The van der Waals surface area contributed by atoms with E-state index in [-0.39, 0.29) is 18.4 Å². The van der Waals surface area contributed by atoms with Crippen LogP contribution in [-0.4, -0.2) is 48.3 Å². The van der Waals surface area contributed by atoms with Crippen LogP contribution in [-0.2, 0) is 4.79 Å². The van der Waals surface area contributed by atoms with Crippen LogP contribution in [0.15, 0.2) is 18.2 Å². The largest absolute Gasteiger partial charge is 0.399 e. The lowest BCUT2D eigenvalue weighted by Crippen LogP contribution is -2.41. The lowest BCUT2D eigenvalue weighted by atomic mass is 10.1. The molecule has 0 fully saturated rings. The van der Waals surface area contributed by atoms with Gasteiger partial charge in [-0.25, -0.2) is 0 Å². The molecule has 0 saturated carbocycles. The molecule has 0 bridgehead atoms. The van der Waals surface area contributed by atoms with E-state index in [0.29, 0.717) is 24.3 Å². The standard InChI is InChI=1S/C15H23N3O2/c1-5-18(6-2)14(19)10-17(4)15(20)12-7-11(3)8-13(16)9-12/h7-9H,5-6,10,16H2,1-4H3. The smallest absolute Gasteiger partial charge is 0.254 e. The third-order valence-electron chi connectivity index (χ3n) is 3.18. The van der Waals surface area contributed by atoms with Crippen molar-refractivity contribution in [3.05, 3.63) is 29.3 Å². The van der Waals surface area contributed by atoms with Gasteiger partial charge >= 0.3 is 0 Å². The van der Waals surface area contributed by atoms with Gasteiger partial charge in [-0.15, -0.1) is 0 Å². The van der Waals surface area contributed by atoms with Crippen molar-refractivity contribution >= 4 is 17.5 Å². The molecule has 0 aromatic heterocycles. The average molecular weight is 277 g/mol. The van der Waals surface area contributed by atoms with Gasteiger partial charge in [-0.2, -0.15) is 0 Å². The molecule has 110 valence electrons. The molecule has 0 saturated heterocycles. The summed E-state index contributed by atoms with van der Waals surface area (Å²) in [6.07, 6.45) is 0. The van der Waals surface area contributed by atoms with Crippen LogP contribution in [0, 0.1) is 6.92 Å². The summed E-state index contributed by atoms with van der Waals surface area (Å²) >= 11 is 0. The maximum atomic E-state index is 12.3. The summed E-state index contributed by atoms with van der Waals surface area (Å²) in [5.74, 6) is -0.243. The van der Waals surface area contributed by atoms with Gasteiger partial charge in [0.2, 0.25) is 5.91 Å². The van der Waals surface area contributed by atoms with Gasteiger partial charge in [0.05, 0.1) is 6.54 Å². The Morgan fingerprint density at radius 3 is 2.25 bits per heavy atom. The van der Waals surface area contributed by atoms with Crippen molar-refractivity contribution in [3.8, 4) is 0 Å². The van der Waals surface area contributed by atoms with Crippen LogP contribution in [0.3, 0.4) is 0 Å². The second-order valence-corrected chi connectivity index (χ2v) is 4.86. The third kappa shape index (κ3) is 3.98. The van der Waals surface area contributed by atoms with Gasteiger partial charge in [0.1, 0.15) is 0 Å². The van der Waals surface area contributed by atoms with Crippen LogP contribution in [0.2, 0.25) is 0 Å². The molecule has 0 unspecified atom stereocenters. The lowest BCUT2D eigenvalue weighted by Gasteiger charge is -2.23. The molecule has 1 aromatic rings. The molecular weight excluding hydrogens is 254 g/mol. The SMILES string of the molecule is CCN(CC)C(=O)CN(C)C(=O)c1cc(C)cc(N)c1. The summed E-state index contributed by atoms with van der Waals surface area (Å²) < 4.78 is 0. The van der Waals surface area contributed by atoms with Crippen molar-refractivity contribution in [2.75, 3.05) is 32.4 Å². The molecule has 5 heteroatoms. The van der Waals surface area contributed by atoms with E-state index in [4.69, 9.17) is 5.73 Å². The summed E-state index contributed by atoms with van der Waals surface area (Å²) in [4.78, 5) is 27.4. The second-order valence-electron chi connectivity index (χ2n) is 4.86. The van der Waals surface area contributed by atoms with E-state index in [1.165, 1.54) is 4.90 Å². The Hall–Kier alpha value is -2.04. The lowest BCUT2D eigenvalue weighted by molar-refractivity contribution is -0.131. The number of rotatable bonds is 5. The molecular formula is C15H23N3O2. The molecule has 2 amide bonds. The number of benzene rings is 1. The number of likely N-dealkylation sites (N-methyl/N-ethyl adjacent to an activating group) is 2. The van der Waals surface area contributed by atoms with E-state index in [0.717, 1.165) is 5.56 Å². The van der Waals surface area contributed by atoms with Crippen LogP contribution in [0.5, 0.6) is 0 Å². The quantitative estimate of drug-likeness (QED) is 0.830. The highest BCUT2D eigenvalue weighted by Crippen LogP contribution is 2.13. The van der Waals surface area contributed by atoms with E-state index >= 15 is 0 Å². The second kappa shape index (κ2) is 6.93. The van der Waals surface area contributed by atoms with E-state index in [1.54, 1.807) is 30.1 Å². The number of aryl methyl sites for hydroxylation is 1. The zero-order valence-corrected chi connectivity index (χ0v) is 12.6. The van der Waals surface area contributed by atoms with E-state index in [9.17, 15) is 9.59 Å². The van der Waals surface area contributed by atoms with Crippen LogP contribution in [0.25, 0.3) is 0 Å². The van der Waals surface area contributed by atoms with Gasteiger partial charge in [-0.3, -0.25) is 9.59 Å². The maximum absolute atomic E-state index is 12.3. The third-order valence-corrected chi connectivity index (χ3v) is 3.18. The van der Waals surface area contributed by atoms with E-state index in [1.807, 2.05) is 20.8 Å². The van der Waals surface area contributed by atoms with Gasteiger partial charge in [0.15, 0.2) is 0 Å². The van der Waals surface area contributed by atoms with Crippen molar-refractivity contribution in [1.29, 1.82) is 0 Å². The van der Waals surface area contributed by atoms with Crippen LogP contribution >= 0.6 is 0 Å². The first-order valence-electron chi connectivity index (χ1n) is 6.79. The Bertz CT molecular complexity index is 476. The number of nitrogens with zero attached hydrogens (tertiary/aromatic N) is 2. The van der Waals surface area contributed by atoms with E-state index < -0.39 is 0 Å². The summed E-state index contributed by atoms with van der Waals surface area (Å²) in [6, 6.07) is 5.21. The summed E-state index contributed by atoms with van der Waals surface area (Å²) in [5, 5.41) is 0. The molecule has 0 aliphatic heterocycles. The van der Waals surface area contributed by atoms with Gasteiger partial charge < -0.3 is 15.5 Å². The Kier molecular flexibility index (Phi) is 5.55. The molecule has 0 aliphatic carbocycles. The molecule has 0 heterocycles. The minimum Gasteiger partial charge on any atom is -0.399 e. The minimum absolute atomic E-state index is 0.0496. The van der Waals surface area contributed by atoms with Crippen molar-refractivity contribution in [1.82, 2.24) is 9.80 Å². The normalized spacial score (nSPS) is 10.2. The first-order valence-corrected chi connectivity index (χ1v) is 6.79. The highest BCUT2D eigenvalue weighted by Gasteiger charge is 2.18. The molecule has 5 nitrogen and oxygen atoms in total. The number of nitrogens with two attached hydrogens (primary N) is 1. The highest BCUT2D eigenvalue weighted by molar-refractivity contribution is 5.97. The number of anilines is 1. The van der Waals surface area contributed by atoms with Crippen LogP contribution in [0.4, 0.5) is 5.69 Å². The van der Waals surface area contributed by atoms with Crippen molar-refractivity contribution in [2.45, 2.75) is 20.8 Å². The Labute approximate surface area is 120 Å².